The van der Waals surface area contributed by atoms with E-state index in [9.17, 15) is 0 Å². The van der Waals surface area contributed by atoms with Crippen LogP contribution >= 0.6 is 0 Å². The molecule has 0 aromatic rings. The first kappa shape index (κ1) is 19.2. The summed E-state index contributed by atoms with van der Waals surface area (Å²) in [7, 11) is -2.60. The summed E-state index contributed by atoms with van der Waals surface area (Å²) in [6.45, 7) is 26.4. The van der Waals surface area contributed by atoms with Gasteiger partial charge in [0.2, 0.25) is 0 Å². The van der Waals surface area contributed by atoms with Gasteiger partial charge in [-0.1, -0.05) is 73.4 Å². The van der Waals surface area contributed by atoms with Crippen LogP contribution in [0.15, 0.2) is 11.3 Å². The van der Waals surface area contributed by atoms with Crippen LogP contribution < -0.4 is 0 Å². The number of ether oxygens (including phenoxy) is 1. The van der Waals surface area contributed by atoms with E-state index in [0.29, 0.717) is 16.0 Å². The Bertz CT molecular complexity index is 394. The van der Waals surface area contributed by atoms with Gasteiger partial charge >= 0.3 is 0 Å². The maximum absolute atomic E-state index is 5.86. The molecule has 1 fully saturated rings. The van der Waals surface area contributed by atoms with E-state index >= 15 is 0 Å². The predicted octanol–water partition coefficient (Wildman–Crippen LogP) is 6.12. The highest BCUT2D eigenvalue weighted by Crippen LogP contribution is 2.44. The van der Waals surface area contributed by atoms with Gasteiger partial charge in [-0.2, -0.15) is 0 Å². The van der Waals surface area contributed by atoms with Crippen molar-refractivity contribution in [2.24, 2.45) is 5.92 Å². The molecule has 124 valence electrons. The van der Waals surface area contributed by atoms with E-state index in [1.807, 2.05) is 0 Å². The van der Waals surface area contributed by atoms with Crippen molar-refractivity contribution in [2.45, 2.75) is 83.9 Å². The molecule has 0 aromatic carbocycles. The second-order valence-corrected chi connectivity index (χ2v) is 21.1. The average Bonchev–Trinajstić information content (AvgIpc) is 2.60. The van der Waals surface area contributed by atoms with Crippen LogP contribution in [-0.4, -0.2) is 29.4 Å². The lowest BCUT2D eigenvalue weighted by atomic mass is 10.1. The van der Waals surface area contributed by atoms with Crippen molar-refractivity contribution >= 4 is 16.1 Å². The molecule has 3 heteroatoms. The molecule has 0 spiro atoms. The van der Waals surface area contributed by atoms with Crippen LogP contribution in [-0.2, 0) is 4.74 Å². The predicted molar refractivity (Wildman–Crippen MR) is 102 cm³/mol. The maximum Gasteiger partial charge on any atom is 0.0770 e. The van der Waals surface area contributed by atoms with Gasteiger partial charge < -0.3 is 4.74 Å². The molecule has 1 atom stereocenters. The summed E-state index contributed by atoms with van der Waals surface area (Å²) in [4.78, 5) is 0. The number of hydrogen-bond acceptors (Lipinski definition) is 1. The minimum atomic E-state index is -1.36. The maximum atomic E-state index is 5.86. The fourth-order valence-electron chi connectivity index (χ4n) is 2.50. The zero-order chi connectivity index (χ0) is 16.7. The molecule has 1 aliphatic heterocycles. The number of rotatable bonds is 3. The Kier molecular flexibility index (Phi) is 5.45. The van der Waals surface area contributed by atoms with Gasteiger partial charge in [0.15, 0.2) is 0 Å². The molecule has 1 nitrogen and oxygen atoms in total. The summed E-state index contributed by atoms with van der Waals surface area (Å²) in [5, 5.41) is 0.891. The second kappa shape index (κ2) is 5.97. The summed E-state index contributed by atoms with van der Waals surface area (Å²) in [5.41, 5.74) is 4.28. The van der Waals surface area contributed by atoms with Crippen molar-refractivity contribution in [3.63, 3.8) is 0 Å². The lowest BCUT2D eigenvalue weighted by molar-refractivity contribution is 0.191. The van der Waals surface area contributed by atoms with E-state index in [2.05, 4.69) is 73.4 Å². The van der Waals surface area contributed by atoms with Crippen molar-refractivity contribution in [2.75, 3.05) is 13.2 Å². The van der Waals surface area contributed by atoms with Crippen molar-refractivity contribution in [3.8, 4) is 0 Å². The molecule has 1 heterocycles. The van der Waals surface area contributed by atoms with Gasteiger partial charge in [-0.3, -0.25) is 0 Å². The molecule has 1 aliphatic rings. The van der Waals surface area contributed by atoms with E-state index in [1.165, 1.54) is 6.04 Å². The molecular weight excluding hydrogens is 288 g/mol. The molecule has 1 saturated heterocycles. The van der Waals surface area contributed by atoms with E-state index in [0.717, 1.165) is 13.2 Å². The lowest BCUT2D eigenvalue weighted by Gasteiger charge is -2.39. The third-order valence-electron chi connectivity index (χ3n) is 6.38. The fourth-order valence-corrected chi connectivity index (χ4v) is 6.40. The third-order valence-corrected chi connectivity index (χ3v) is 16.9. The molecule has 0 amide bonds. The van der Waals surface area contributed by atoms with Crippen LogP contribution in [0, 0.1) is 5.92 Å². The molecule has 21 heavy (non-hydrogen) atoms. The van der Waals surface area contributed by atoms with Crippen molar-refractivity contribution in [1.29, 1.82) is 0 Å². The largest absolute Gasteiger partial charge is 0.377 e. The molecule has 1 rings (SSSR count). The van der Waals surface area contributed by atoms with Gasteiger partial charge in [0.1, 0.15) is 0 Å². The first-order chi connectivity index (χ1) is 9.17. The van der Waals surface area contributed by atoms with E-state index in [4.69, 9.17) is 4.74 Å². The van der Waals surface area contributed by atoms with Gasteiger partial charge in [0, 0.05) is 5.92 Å². The second-order valence-electron chi connectivity index (χ2n) is 10.2. The monoisotopic (exact) mass is 326 g/mol. The number of hydrogen-bond donors (Lipinski definition) is 0. The zero-order valence-electron chi connectivity index (χ0n) is 16.2. The summed E-state index contributed by atoms with van der Waals surface area (Å²) in [6, 6.07) is 1.37. The Hall–Kier alpha value is 0.134. The first-order valence-corrected chi connectivity index (χ1v) is 14.8. The zero-order valence-corrected chi connectivity index (χ0v) is 18.2. The smallest absolute Gasteiger partial charge is 0.0770 e. The highest BCUT2D eigenvalue weighted by Gasteiger charge is 2.40. The van der Waals surface area contributed by atoms with E-state index < -0.39 is 16.1 Å². The highest BCUT2D eigenvalue weighted by molar-refractivity contribution is 6.85. The SMILES string of the molecule is CC(C)(C)[Si](C)(C)/C=C1\COCC1C[Si](C)(C)C(C)(C)C. The molecule has 0 radical (unpaired) electrons. The van der Waals surface area contributed by atoms with Crippen LogP contribution in [0.1, 0.15) is 41.5 Å². The standard InChI is InChI=1S/C18H38OSi2/c1-17(2,3)20(7,8)13-15-11-19-12-16(15)14-21(9,10)18(4,5)6/h13,16H,11-12,14H2,1-10H3/b15-13+. The summed E-state index contributed by atoms with van der Waals surface area (Å²) >= 11 is 0. The van der Waals surface area contributed by atoms with Crippen molar-refractivity contribution in [1.82, 2.24) is 0 Å². The molecular formula is C18H38OSi2. The Balaban J connectivity index is 2.96. The van der Waals surface area contributed by atoms with Crippen molar-refractivity contribution in [3.05, 3.63) is 11.3 Å². The molecule has 0 bridgehead atoms. The normalized spacial score (nSPS) is 23.9. The fraction of sp³-hybridized carbons (Fsp3) is 0.889. The quantitative estimate of drug-likeness (QED) is 0.568. The van der Waals surface area contributed by atoms with Gasteiger partial charge in [0.25, 0.3) is 0 Å². The first-order valence-electron chi connectivity index (χ1n) is 8.47. The Morgan fingerprint density at radius 3 is 1.95 bits per heavy atom. The highest BCUT2D eigenvalue weighted by atomic mass is 28.3. The summed E-state index contributed by atoms with van der Waals surface area (Å²) in [6.07, 6.45) is 0. The van der Waals surface area contributed by atoms with E-state index in [1.54, 1.807) is 5.57 Å². The van der Waals surface area contributed by atoms with Gasteiger partial charge in [-0.25, -0.2) is 0 Å². The molecule has 0 aliphatic carbocycles. The van der Waals surface area contributed by atoms with Crippen molar-refractivity contribution < 1.29 is 4.74 Å². The third kappa shape index (κ3) is 4.55. The van der Waals surface area contributed by atoms with Crippen LogP contribution in [0.2, 0.25) is 42.3 Å². The van der Waals surface area contributed by atoms with Crippen LogP contribution in [0.5, 0.6) is 0 Å². The summed E-state index contributed by atoms with van der Waals surface area (Å²) < 4.78 is 5.86. The van der Waals surface area contributed by atoms with Gasteiger partial charge in [0.05, 0.1) is 29.4 Å². The molecule has 1 unspecified atom stereocenters. The van der Waals surface area contributed by atoms with Gasteiger partial charge in [-0.05, 0) is 21.7 Å². The van der Waals surface area contributed by atoms with Crippen LogP contribution in [0.25, 0.3) is 0 Å². The Labute approximate surface area is 135 Å². The molecule has 0 saturated carbocycles. The summed E-state index contributed by atoms with van der Waals surface area (Å²) in [5.74, 6) is 0.681. The minimum absolute atomic E-state index is 0.421. The average molecular weight is 327 g/mol. The van der Waals surface area contributed by atoms with E-state index in [-0.39, 0.29) is 0 Å². The Morgan fingerprint density at radius 1 is 1.00 bits per heavy atom. The minimum Gasteiger partial charge on any atom is -0.377 e. The van der Waals surface area contributed by atoms with Crippen LogP contribution in [0.3, 0.4) is 0 Å². The lowest BCUT2D eigenvalue weighted by Crippen LogP contribution is -2.40. The Morgan fingerprint density at radius 2 is 1.52 bits per heavy atom. The topological polar surface area (TPSA) is 9.23 Å². The van der Waals surface area contributed by atoms with Gasteiger partial charge in [-0.15, -0.1) is 0 Å². The van der Waals surface area contributed by atoms with Crippen LogP contribution in [0.4, 0.5) is 0 Å². The molecule has 0 aromatic heterocycles. The molecule has 0 N–H and O–H groups in total.